The summed E-state index contributed by atoms with van der Waals surface area (Å²) in [6.45, 7) is 8.52. The third kappa shape index (κ3) is 6.83. The summed E-state index contributed by atoms with van der Waals surface area (Å²) in [4.78, 5) is 23.8. The average molecular weight is 545 g/mol. The number of nitro benzene ring substituents is 1. The Morgan fingerprint density at radius 2 is 1.56 bits per heavy atom. The van der Waals surface area contributed by atoms with Crippen molar-refractivity contribution in [3.8, 4) is 5.69 Å². The number of para-hydroxylation sites is 1. The van der Waals surface area contributed by atoms with Crippen LogP contribution in [-0.2, 0) is 12.3 Å². The summed E-state index contributed by atoms with van der Waals surface area (Å²) in [5.41, 5.74) is 4.77. The van der Waals surface area contributed by atoms with Crippen molar-refractivity contribution in [2.24, 2.45) is 0 Å². The Morgan fingerprint density at radius 3 is 2.15 bits per heavy atom. The van der Waals surface area contributed by atoms with E-state index >= 15 is 0 Å². The highest BCUT2D eigenvalue weighted by Gasteiger charge is 2.19. The third-order valence-corrected chi connectivity index (χ3v) is 7.25. The number of urea groups is 1. The first-order valence-corrected chi connectivity index (χ1v) is 13.8. The molecule has 9 nitrogen and oxygen atoms in total. The van der Waals surface area contributed by atoms with E-state index in [1.165, 1.54) is 23.9 Å². The third-order valence-electron chi connectivity index (χ3n) is 6.25. The number of hydrogen-bond acceptors (Lipinski definition) is 6. The van der Waals surface area contributed by atoms with Gasteiger partial charge in [-0.15, -0.1) is 10.2 Å². The lowest BCUT2D eigenvalue weighted by atomic mass is 9.93. The molecule has 4 rings (SSSR count). The van der Waals surface area contributed by atoms with Crippen LogP contribution in [0.1, 0.15) is 62.0 Å². The van der Waals surface area contributed by atoms with Crippen molar-refractivity contribution in [2.75, 3.05) is 5.32 Å². The molecule has 0 aliphatic carbocycles. The smallest absolute Gasteiger partial charge is 0.319 e. The minimum Gasteiger partial charge on any atom is -0.331 e. The monoisotopic (exact) mass is 544 g/mol. The minimum atomic E-state index is -0.436. The van der Waals surface area contributed by atoms with Crippen LogP contribution in [0.25, 0.3) is 5.69 Å². The van der Waals surface area contributed by atoms with Gasteiger partial charge >= 0.3 is 6.03 Å². The van der Waals surface area contributed by atoms with Gasteiger partial charge in [0.25, 0.3) is 5.69 Å². The van der Waals surface area contributed by atoms with Crippen molar-refractivity contribution in [2.45, 2.75) is 57.0 Å². The number of thioether (sulfide) groups is 1. The first kappa shape index (κ1) is 27.8. The molecule has 0 saturated carbocycles. The first-order valence-electron chi connectivity index (χ1n) is 12.8. The molecule has 0 fully saturated rings. The van der Waals surface area contributed by atoms with Gasteiger partial charge in [-0.1, -0.05) is 88.0 Å². The second-order valence-electron chi connectivity index (χ2n) is 9.71. The van der Waals surface area contributed by atoms with Gasteiger partial charge in [0.2, 0.25) is 0 Å². The topological polar surface area (TPSA) is 115 Å². The molecule has 0 bridgehead atoms. The maximum Gasteiger partial charge on any atom is 0.319 e. The van der Waals surface area contributed by atoms with Crippen molar-refractivity contribution in [3.05, 3.63) is 105 Å². The Hall–Kier alpha value is -4.18. The van der Waals surface area contributed by atoms with E-state index in [4.69, 9.17) is 0 Å². The van der Waals surface area contributed by atoms with E-state index in [2.05, 4.69) is 48.5 Å². The summed E-state index contributed by atoms with van der Waals surface area (Å²) in [5, 5.41) is 26.5. The molecule has 0 unspecified atom stereocenters. The van der Waals surface area contributed by atoms with Crippen molar-refractivity contribution in [1.29, 1.82) is 0 Å². The number of non-ortho nitro benzene ring substituents is 1. The lowest BCUT2D eigenvalue weighted by Gasteiger charge is -2.20. The van der Waals surface area contributed by atoms with E-state index in [-0.39, 0.29) is 30.1 Å². The van der Waals surface area contributed by atoms with Crippen LogP contribution >= 0.6 is 11.8 Å². The van der Waals surface area contributed by atoms with Crippen LogP contribution in [0.2, 0.25) is 0 Å². The number of nitrogens with one attached hydrogen (secondary N) is 2. The standard InChI is InChI=1S/C29H32N6O3S/c1-19(2)24-11-8-12-25(20(3)4)27(24)31-28(36)30-17-26-32-33-29(39-18-21-9-6-5-7-10-21)34(26)22-13-15-23(16-14-22)35(37)38/h5-16,19-20H,17-18H2,1-4H3,(H2,30,31,36). The van der Waals surface area contributed by atoms with E-state index in [0.717, 1.165) is 22.4 Å². The molecule has 0 radical (unpaired) electrons. The number of benzene rings is 3. The van der Waals surface area contributed by atoms with Crippen molar-refractivity contribution < 1.29 is 9.72 Å². The van der Waals surface area contributed by atoms with Gasteiger partial charge in [0.05, 0.1) is 11.5 Å². The Balaban J connectivity index is 1.57. The molecule has 1 aromatic heterocycles. The van der Waals surface area contributed by atoms with Gasteiger partial charge in [0, 0.05) is 29.3 Å². The number of rotatable bonds is 10. The van der Waals surface area contributed by atoms with Crippen molar-refractivity contribution in [1.82, 2.24) is 20.1 Å². The maximum absolute atomic E-state index is 13.1. The second-order valence-corrected chi connectivity index (χ2v) is 10.7. The maximum atomic E-state index is 13.1. The van der Waals surface area contributed by atoms with Crippen molar-refractivity contribution in [3.63, 3.8) is 0 Å². The van der Waals surface area contributed by atoms with Gasteiger partial charge in [-0.25, -0.2) is 4.79 Å². The Morgan fingerprint density at radius 1 is 0.923 bits per heavy atom. The largest absolute Gasteiger partial charge is 0.331 e. The Kier molecular flexibility index (Phi) is 8.98. The van der Waals surface area contributed by atoms with Gasteiger partial charge in [-0.05, 0) is 40.7 Å². The second kappa shape index (κ2) is 12.6. The summed E-state index contributed by atoms with van der Waals surface area (Å²) in [7, 11) is 0. The summed E-state index contributed by atoms with van der Waals surface area (Å²) in [6.07, 6.45) is 0. The van der Waals surface area contributed by atoms with E-state index in [0.29, 0.717) is 22.4 Å². The lowest BCUT2D eigenvalue weighted by Crippen LogP contribution is -2.30. The fourth-order valence-corrected chi connectivity index (χ4v) is 5.15. The molecule has 4 aromatic rings. The molecule has 0 aliphatic rings. The molecule has 0 spiro atoms. The molecule has 2 amide bonds. The predicted octanol–water partition coefficient (Wildman–Crippen LogP) is 7.04. The van der Waals surface area contributed by atoms with Crippen LogP contribution in [-0.4, -0.2) is 25.7 Å². The minimum absolute atomic E-state index is 0.00543. The van der Waals surface area contributed by atoms with Crippen LogP contribution in [0.3, 0.4) is 0 Å². The predicted molar refractivity (Wildman–Crippen MR) is 154 cm³/mol. The molecule has 0 saturated heterocycles. The number of nitrogens with zero attached hydrogens (tertiary/aromatic N) is 4. The Bertz CT molecular complexity index is 1410. The number of hydrogen-bond donors (Lipinski definition) is 2. The highest BCUT2D eigenvalue weighted by molar-refractivity contribution is 7.98. The summed E-state index contributed by atoms with van der Waals surface area (Å²) < 4.78 is 1.82. The fraction of sp³-hybridized carbons (Fsp3) is 0.276. The number of carbonyl (C=O) groups is 1. The number of aromatic nitrogens is 3. The summed E-state index contributed by atoms with van der Waals surface area (Å²) >= 11 is 1.50. The molecule has 0 aliphatic heterocycles. The number of carbonyl (C=O) groups excluding carboxylic acids is 1. The molecule has 10 heteroatoms. The normalized spacial score (nSPS) is 11.1. The summed E-state index contributed by atoms with van der Waals surface area (Å²) in [6, 6.07) is 21.9. The zero-order valence-corrected chi connectivity index (χ0v) is 23.2. The van der Waals surface area contributed by atoms with Gasteiger partial charge in [-0.2, -0.15) is 0 Å². The van der Waals surface area contributed by atoms with Crippen LogP contribution in [0, 0.1) is 10.1 Å². The molecule has 202 valence electrons. The highest BCUT2D eigenvalue weighted by Crippen LogP contribution is 2.32. The average Bonchev–Trinajstić information content (AvgIpc) is 3.34. The van der Waals surface area contributed by atoms with Crippen LogP contribution in [0.4, 0.5) is 16.2 Å². The molecule has 1 heterocycles. The van der Waals surface area contributed by atoms with Crippen molar-refractivity contribution >= 4 is 29.2 Å². The summed E-state index contributed by atoms with van der Waals surface area (Å²) in [5.74, 6) is 1.67. The van der Waals surface area contributed by atoms with E-state index < -0.39 is 4.92 Å². The number of anilines is 1. The first-order chi connectivity index (χ1) is 18.7. The zero-order valence-electron chi connectivity index (χ0n) is 22.4. The van der Waals surface area contributed by atoms with E-state index in [1.54, 1.807) is 12.1 Å². The fourth-order valence-electron chi connectivity index (χ4n) is 4.23. The van der Waals surface area contributed by atoms with Crippen LogP contribution in [0.15, 0.2) is 78.0 Å². The Labute approximate surface area is 232 Å². The number of nitro groups is 1. The molecular weight excluding hydrogens is 512 g/mol. The van der Waals surface area contributed by atoms with E-state index in [9.17, 15) is 14.9 Å². The van der Waals surface area contributed by atoms with Gasteiger partial charge in [-0.3, -0.25) is 14.7 Å². The zero-order chi connectivity index (χ0) is 27.9. The van der Waals surface area contributed by atoms with Gasteiger partial charge in [0.1, 0.15) is 0 Å². The van der Waals surface area contributed by atoms with Crippen LogP contribution < -0.4 is 10.6 Å². The molecule has 3 aromatic carbocycles. The van der Waals surface area contributed by atoms with Gasteiger partial charge < -0.3 is 10.6 Å². The van der Waals surface area contributed by atoms with E-state index in [1.807, 2.05) is 53.1 Å². The SMILES string of the molecule is CC(C)c1cccc(C(C)C)c1NC(=O)NCc1nnc(SCc2ccccc2)n1-c1ccc([N+](=O)[O-])cc1. The van der Waals surface area contributed by atoms with Gasteiger partial charge in [0.15, 0.2) is 11.0 Å². The molecule has 2 N–H and O–H groups in total. The van der Waals surface area contributed by atoms with Crippen LogP contribution in [0.5, 0.6) is 0 Å². The quantitative estimate of drug-likeness (QED) is 0.126. The number of amides is 2. The molecular formula is C29H32N6O3S. The lowest BCUT2D eigenvalue weighted by molar-refractivity contribution is -0.384. The highest BCUT2D eigenvalue weighted by atomic mass is 32.2. The molecule has 0 atom stereocenters. The molecule has 39 heavy (non-hydrogen) atoms.